The minimum absolute atomic E-state index is 0.142. The van der Waals surface area contributed by atoms with Crippen LogP contribution in [0.25, 0.3) is 0 Å². The van der Waals surface area contributed by atoms with E-state index >= 15 is 0 Å². The average molecular weight is 304 g/mol. The van der Waals surface area contributed by atoms with Crippen LogP contribution in [0, 0.1) is 12.8 Å². The van der Waals surface area contributed by atoms with Crippen molar-refractivity contribution in [2.45, 2.75) is 26.9 Å². The highest BCUT2D eigenvalue weighted by atomic mass is 16.5. The number of aromatic nitrogens is 3. The molecule has 3 rings (SSSR count). The van der Waals surface area contributed by atoms with Crippen molar-refractivity contribution < 1.29 is 14.1 Å². The van der Waals surface area contributed by atoms with Crippen molar-refractivity contribution in [3.8, 4) is 0 Å². The maximum absolute atomic E-state index is 12.6. The second-order valence-corrected chi connectivity index (χ2v) is 5.58. The summed E-state index contributed by atoms with van der Waals surface area (Å²) in [5.41, 5.74) is 1.72. The molecule has 1 aliphatic heterocycles. The number of rotatable bonds is 4. The smallest absolute Gasteiger partial charge is 0.292 e. The molecule has 0 aliphatic carbocycles. The Hall–Kier alpha value is -2.15. The molecular formula is C15H20N4O3. The van der Waals surface area contributed by atoms with Crippen LogP contribution in [-0.2, 0) is 17.8 Å². The molecule has 1 atom stereocenters. The summed E-state index contributed by atoms with van der Waals surface area (Å²) in [6.07, 6.45) is 3.61. The normalized spacial score (nSPS) is 18.1. The van der Waals surface area contributed by atoms with Gasteiger partial charge in [0.05, 0.1) is 30.9 Å². The SMILES string of the molecule is CCOCC1CN(C(=O)c2cc(C)no2)Cc2cncn2C1. The molecule has 0 saturated heterocycles. The molecule has 0 radical (unpaired) electrons. The number of ether oxygens (including phenoxy) is 1. The lowest BCUT2D eigenvalue weighted by atomic mass is 10.1. The van der Waals surface area contributed by atoms with E-state index in [0.717, 1.165) is 12.2 Å². The third-order valence-electron chi connectivity index (χ3n) is 3.77. The molecule has 118 valence electrons. The van der Waals surface area contributed by atoms with Gasteiger partial charge in [-0.15, -0.1) is 0 Å². The highest BCUT2D eigenvalue weighted by molar-refractivity contribution is 5.91. The van der Waals surface area contributed by atoms with E-state index in [4.69, 9.17) is 9.26 Å². The molecule has 0 saturated carbocycles. The van der Waals surface area contributed by atoms with Crippen molar-refractivity contribution in [3.63, 3.8) is 0 Å². The molecule has 0 fully saturated rings. The predicted octanol–water partition coefficient (Wildman–Crippen LogP) is 1.49. The lowest BCUT2D eigenvalue weighted by Gasteiger charge is -2.22. The van der Waals surface area contributed by atoms with Gasteiger partial charge in [-0.2, -0.15) is 0 Å². The van der Waals surface area contributed by atoms with E-state index in [1.165, 1.54) is 0 Å². The van der Waals surface area contributed by atoms with Crippen LogP contribution in [0.1, 0.15) is 28.9 Å². The number of carbonyl (C=O) groups excluding carboxylic acids is 1. The van der Waals surface area contributed by atoms with Gasteiger partial charge < -0.3 is 18.7 Å². The Morgan fingerprint density at radius 3 is 3.09 bits per heavy atom. The van der Waals surface area contributed by atoms with Crippen molar-refractivity contribution in [1.29, 1.82) is 0 Å². The number of nitrogens with zero attached hydrogens (tertiary/aromatic N) is 4. The fraction of sp³-hybridized carbons (Fsp3) is 0.533. The molecule has 0 bridgehead atoms. The maximum atomic E-state index is 12.6. The molecule has 2 aromatic heterocycles. The van der Waals surface area contributed by atoms with E-state index in [0.29, 0.717) is 32.0 Å². The first-order chi connectivity index (χ1) is 10.7. The Kier molecular flexibility index (Phi) is 4.24. The molecule has 0 aromatic carbocycles. The van der Waals surface area contributed by atoms with Crippen molar-refractivity contribution in [1.82, 2.24) is 19.6 Å². The summed E-state index contributed by atoms with van der Waals surface area (Å²) in [5.74, 6) is 0.362. The van der Waals surface area contributed by atoms with Crippen molar-refractivity contribution in [2.75, 3.05) is 19.8 Å². The molecule has 0 spiro atoms. The largest absolute Gasteiger partial charge is 0.381 e. The number of amides is 1. The van der Waals surface area contributed by atoms with Crippen LogP contribution in [0.2, 0.25) is 0 Å². The molecule has 1 amide bonds. The first kappa shape index (κ1) is 14.8. The van der Waals surface area contributed by atoms with Crippen LogP contribution in [-0.4, -0.2) is 45.3 Å². The summed E-state index contributed by atoms with van der Waals surface area (Å²) in [7, 11) is 0. The van der Waals surface area contributed by atoms with E-state index in [-0.39, 0.29) is 17.6 Å². The molecule has 0 N–H and O–H groups in total. The van der Waals surface area contributed by atoms with Gasteiger partial charge in [0, 0.05) is 37.9 Å². The van der Waals surface area contributed by atoms with Crippen LogP contribution in [0.4, 0.5) is 0 Å². The fourth-order valence-electron chi connectivity index (χ4n) is 2.72. The van der Waals surface area contributed by atoms with Crippen LogP contribution in [0.3, 0.4) is 0 Å². The summed E-state index contributed by atoms with van der Waals surface area (Å²) >= 11 is 0. The van der Waals surface area contributed by atoms with Crippen molar-refractivity contribution in [2.24, 2.45) is 5.92 Å². The number of imidazole rings is 1. The van der Waals surface area contributed by atoms with E-state index in [9.17, 15) is 4.79 Å². The topological polar surface area (TPSA) is 73.4 Å². The Morgan fingerprint density at radius 1 is 1.50 bits per heavy atom. The molecule has 1 aliphatic rings. The predicted molar refractivity (Wildman–Crippen MR) is 78.2 cm³/mol. The van der Waals surface area contributed by atoms with E-state index < -0.39 is 0 Å². The molecule has 7 nitrogen and oxygen atoms in total. The van der Waals surface area contributed by atoms with Gasteiger partial charge in [0.25, 0.3) is 5.91 Å². The molecule has 7 heteroatoms. The zero-order valence-corrected chi connectivity index (χ0v) is 12.9. The summed E-state index contributed by atoms with van der Waals surface area (Å²) < 4.78 is 12.7. The standard InChI is InChI=1S/C15H20N4O3/c1-3-21-9-12-6-18(8-13-5-16-10-19(13)7-12)15(20)14-4-11(2)17-22-14/h4-5,10,12H,3,6-9H2,1-2H3. The monoisotopic (exact) mass is 304 g/mol. The number of hydrogen-bond donors (Lipinski definition) is 0. The van der Waals surface area contributed by atoms with Crippen LogP contribution < -0.4 is 0 Å². The van der Waals surface area contributed by atoms with E-state index in [1.54, 1.807) is 30.4 Å². The van der Waals surface area contributed by atoms with E-state index in [1.807, 2.05) is 6.92 Å². The second kappa shape index (κ2) is 6.31. The average Bonchev–Trinajstić information content (AvgIpc) is 3.09. The second-order valence-electron chi connectivity index (χ2n) is 5.58. The first-order valence-electron chi connectivity index (χ1n) is 7.46. The highest BCUT2D eigenvalue weighted by Crippen LogP contribution is 2.19. The number of fused-ring (bicyclic) bond motifs is 1. The van der Waals surface area contributed by atoms with Gasteiger partial charge in [0.15, 0.2) is 0 Å². The fourth-order valence-corrected chi connectivity index (χ4v) is 2.72. The Labute approximate surface area is 128 Å². The maximum Gasteiger partial charge on any atom is 0.292 e. The zero-order chi connectivity index (χ0) is 15.5. The third kappa shape index (κ3) is 3.04. The van der Waals surface area contributed by atoms with E-state index in [2.05, 4.69) is 14.7 Å². The van der Waals surface area contributed by atoms with Gasteiger partial charge in [-0.05, 0) is 13.8 Å². The van der Waals surface area contributed by atoms with Gasteiger partial charge in [0.2, 0.25) is 5.76 Å². The first-order valence-corrected chi connectivity index (χ1v) is 7.46. The summed E-state index contributed by atoms with van der Waals surface area (Å²) in [4.78, 5) is 18.6. The summed E-state index contributed by atoms with van der Waals surface area (Å²) in [5, 5.41) is 3.79. The number of carbonyl (C=O) groups is 1. The molecule has 3 heterocycles. The molecule has 22 heavy (non-hydrogen) atoms. The quantitative estimate of drug-likeness (QED) is 0.855. The lowest BCUT2D eigenvalue weighted by molar-refractivity contribution is 0.0585. The Balaban J connectivity index is 1.82. The Bertz CT molecular complexity index is 649. The summed E-state index contributed by atoms with van der Waals surface area (Å²) in [6.45, 7) is 7.00. The molecule has 1 unspecified atom stereocenters. The van der Waals surface area contributed by atoms with Crippen molar-refractivity contribution in [3.05, 3.63) is 35.7 Å². The van der Waals surface area contributed by atoms with Gasteiger partial charge in [-0.1, -0.05) is 5.16 Å². The molecule has 2 aromatic rings. The van der Waals surface area contributed by atoms with Crippen LogP contribution in [0.5, 0.6) is 0 Å². The van der Waals surface area contributed by atoms with Gasteiger partial charge in [-0.3, -0.25) is 4.79 Å². The Morgan fingerprint density at radius 2 is 2.36 bits per heavy atom. The van der Waals surface area contributed by atoms with Crippen LogP contribution in [0.15, 0.2) is 23.1 Å². The van der Waals surface area contributed by atoms with Gasteiger partial charge in [-0.25, -0.2) is 4.98 Å². The number of aryl methyl sites for hydroxylation is 1. The lowest BCUT2D eigenvalue weighted by Crippen LogP contribution is -2.35. The zero-order valence-electron chi connectivity index (χ0n) is 12.9. The van der Waals surface area contributed by atoms with Gasteiger partial charge >= 0.3 is 0 Å². The third-order valence-corrected chi connectivity index (χ3v) is 3.77. The van der Waals surface area contributed by atoms with Crippen molar-refractivity contribution >= 4 is 5.91 Å². The highest BCUT2D eigenvalue weighted by Gasteiger charge is 2.27. The van der Waals surface area contributed by atoms with Crippen LogP contribution >= 0.6 is 0 Å². The van der Waals surface area contributed by atoms with Gasteiger partial charge in [0.1, 0.15) is 0 Å². The molecular weight excluding hydrogens is 284 g/mol. The minimum atomic E-state index is -0.142. The minimum Gasteiger partial charge on any atom is -0.381 e. The summed E-state index contributed by atoms with van der Waals surface area (Å²) in [6, 6.07) is 1.67. The number of hydrogen-bond acceptors (Lipinski definition) is 5.